The number of halogens is 1. The van der Waals surface area contributed by atoms with Crippen LogP contribution in [-0.4, -0.2) is 23.3 Å². The molecule has 0 fully saturated rings. The van der Waals surface area contributed by atoms with E-state index in [0.717, 1.165) is 27.7 Å². The lowest BCUT2D eigenvalue weighted by atomic mass is 9.90. The fourth-order valence-electron chi connectivity index (χ4n) is 3.31. The third-order valence-corrected chi connectivity index (χ3v) is 5.51. The molecule has 1 atom stereocenters. The minimum atomic E-state index is -0.212. The largest absolute Gasteiger partial charge is 0.335 e. The fourth-order valence-corrected chi connectivity index (χ4v) is 3.69. The average molecular weight is 401 g/mol. The molecular formula is C20H21BrN2O2. The molecule has 1 aliphatic heterocycles. The molecule has 2 aromatic carbocycles. The van der Waals surface area contributed by atoms with Gasteiger partial charge >= 0.3 is 0 Å². The summed E-state index contributed by atoms with van der Waals surface area (Å²) in [6.45, 7) is 4.22. The van der Waals surface area contributed by atoms with E-state index in [9.17, 15) is 9.59 Å². The number of carbonyl (C=O) groups is 2. The predicted octanol–water partition coefficient (Wildman–Crippen LogP) is 4.23. The van der Waals surface area contributed by atoms with Crippen LogP contribution >= 0.6 is 15.9 Å². The molecule has 3 rings (SSSR count). The highest BCUT2D eigenvalue weighted by molar-refractivity contribution is 9.10. The summed E-state index contributed by atoms with van der Waals surface area (Å²) in [5.41, 5.74) is 4.16. The van der Waals surface area contributed by atoms with Crippen molar-refractivity contribution in [2.24, 2.45) is 0 Å². The van der Waals surface area contributed by atoms with Crippen LogP contribution in [0.15, 0.2) is 46.9 Å². The van der Waals surface area contributed by atoms with Gasteiger partial charge in [-0.25, -0.2) is 0 Å². The number of benzene rings is 2. The van der Waals surface area contributed by atoms with Crippen molar-refractivity contribution in [3.63, 3.8) is 0 Å². The van der Waals surface area contributed by atoms with Crippen molar-refractivity contribution >= 4 is 33.4 Å². The normalized spacial score (nSPS) is 16.3. The molecule has 4 nitrogen and oxygen atoms in total. The van der Waals surface area contributed by atoms with Gasteiger partial charge in [-0.2, -0.15) is 0 Å². The Morgan fingerprint density at radius 2 is 2.00 bits per heavy atom. The minimum absolute atomic E-state index is 0.00498. The van der Waals surface area contributed by atoms with E-state index in [2.05, 4.69) is 27.3 Å². The number of nitrogens with one attached hydrogen (secondary N) is 1. The lowest BCUT2D eigenvalue weighted by Gasteiger charge is -2.36. The summed E-state index contributed by atoms with van der Waals surface area (Å²) < 4.78 is 0.957. The summed E-state index contributed by atoms with van der Waals surface area (Å²) >= 11 is 3.48. The van der Waals surface area contributed by atoms with E-state index in [4.69, 9.17) is 0 Å². The molecule has 2 amide bonds. The molecule has 0 saturated heterocycles. The van der Waals surface area contributed by atoms with E-state index in [1.165, 1.54) is 5.56 Å². The molecule has 0 saturated carbocycles. The van der Waals surface area contributed by atoms with E-state index in [-0.39, 0.29) is 24.3 Å². The van der Waals surface area contributed by atoms with Gasteiger partial charge in [0.2, 0.25) is 11.8 Å². The molecule has 0 radical (unpaired) electrons. The van der Waals surface area contributed by atoms with Crippen LogP contribution in [0, 0.1) is 6.92 Å². The van der Waals surface area contributed by atoms with Gasteiger partial charge in [-0.3, -0.25) is 9.59 Å². The van der Waals surface area contributed by atoms with Crippen molar-refractivity contribution in [2.45, 2.75) is 32.7 Å². The van der Waals surface area contributed by atoms with E-state index in [1.807, 2.05) is 43.3 Å². The van der Waals surface area contributed by atoms with E-state index < -0.39 is 0 Å². The Morgan fingerprint density at radius 3 is 2.72 bits per heavy atom. The first kappa shape index (κ1) is 17.7. The maximum Gasteiger partial charge on any atom is 0.226 e. The Morgan fingerprint density at radius 1 is 1.24 bits per heavy atom. The molecule has 1 N–H and O–H groups in total. The van der Waals surface area contributed by atoms with E-state index in [1.54, 1.807) is 11.8 Å². The highest BCUT2D eigenvalue weighted by Gasteiger charge is 2.30. The van der Waals surface area contributed by atoms with Crippen LogP contribution in [0.25, 0.3) is 0 Å². The Hall–Kier alpha value is -2.14. The van der Waals surface area contributed by atoms with Crippen molar-refractivity contribution in [1.82, 2.24) is 4.90 Å². The van der Waals surface area contributed by atoms with Crippen LogP contribution in [0.2, 0.25) is 0 Å². The van der Waals surface area contributed by atoms with Gasteiger partial charge in [0, 0.05) is 23.6 Å². The van der Waals surface area contributed by atoms with Crippen molar-refractivity contribution in [3.8, 4) is 0 Å². The molecule has 130 valence electrons. The Kier molecular flexibility index (Phi) is 5.23. The molecule has 1 heterocycles. The van der Waals surface area contributed by atoms with Gasteiger partial charge in [0.25, 0.3) is 0 Å². The summed E-state index contributed by atoms with van der Waals surface area (Å²) in [6, 6.07) is 13.6. The zero-order chi connectivity index (χ0) is 18.0. The smallest absolute Gasteiger partial charge is 0.226 e. The molecule has 0 spiro atoms. The van der Waals surface area contributed by atoms with Gasteiger partial charge in [-0.1, -0.05) is 46.3 Å². The average Bonchev–Trinajstić information content (AvgIpc) is 2.58. The van der Waals surface area contributed by atoms with E-state index in [0.29, 0.717) is 6.54 Å². The lowest BCUT2D eigenvalue weighted by molar-refractivity contribution is -0.132. The van der Waals surface area contributed by atoms with Crippen LogP contribution < -0.4 is 5.32 Å². The predicted molar refractivity (Wildman–Crippen MR) is 102 cm³/mol. The standard InChI is InChI=1S/C20H21BrN2O2/c1-13-7-8-16(11-18(13)21)22-20(25)12-19-17-6-4-3-5-15(17)9-10-23(19)14(2)24/h3-8,11,19H,9-10,12H2,1-2H3,(H,22,25). The topological polar surface area (TPSA) is 49.4 Å². The van der Waals surface area contributed by atoms with Crippen LogP contribution in [0.1, 0.15) is 36.1 Å². The van der Waals surface area contributed by atoms with Gasteiger partial charge in [0.05, 0.1) is 12.5 Å². The van der Waals surface area contributed by atoms with Gasteiger partial charge in [-0.15, -0.1) is 0 Å². The Bertz CT molecular complexity index is 819. The molecule has 25 heavy (non-hydrogen) atoms. The van der Waals surface area contributed by atoms with Gasteiger partial charge in [-0.05, 0) is 42.2 Å². The van der Waals surface area contributed by atoms with Gasteiger partial charge < -0.3 is 10.2 Å². The first-order valence-corrected chi connectivity index (χ1v) is 9.16. The van der Waals surface area contributed by atoms with Crippen molar-refractivity contribution in [2.75, 3.05) is 11.9 Å². The number of anilines is 1. The lowest BCUT2D eigenvalue weighted by Crippen LogP contribution is -2.40. The summed E-state index contributed by atoms with van der Waals surface area (Å²) in [6.07, 6.45) is 1.08. The monoisotopic (exact) mass is 400 g/mol. The van der Waals surface area contributed by atoms with Crippen LogP contribution in [0.5, 0.6) is 0 Å². The number of rotatable bonds is 3. The maximum atomic E-state index is 12.6. The van der Waals surface area contributed by atoms with E-state index >= 15 is 0 Å². The second-order valence-electron chi connectivity index (χ2n) is 6.39. The number of nitrogens with zero attached hydrogens (tertiary/aromatic N) is 1. The minimum Gasteiger partial charge on any atom is -0.335 e. The molecule has 5 heteroatoms. The molecule has 2 aromatic rings. The Labute approximate surface area is 156 Å². The number of aryl methyl sites for hydroxylation is 1. The van der Waals surface area contributed by atoms with Crippen LogP contribution in [0.3, 0.4) is 0 Å². The Balaban J connectivity index is 1.80. The number of carbonyl (C=O) groups excluding carboxylic acids is 2. The van der Waals surface area contributed by atoms with Gasteiger partial charge in [0.15, 0.2) is 0 Å². The quantitative estimate of drug-likeness (QED) is 0.837. The number of hydrogen-bond donors (Lipinski definition) is 1. The van der Waals surface area contributed by atoms with Gasteiger partial charge in [0.1, 0.15) is 0 Å². The molecule has 1 unspecified atom stereocenters. The summed E-state index contributed by atoms with van der Waals surface area (Å²) in [5, 5.41) is 2.94. The first-order valence-electron chi connectivity index (χ1n) is 8.36. The summed E-state index contributed by atoms with van der Waals surface area (Å²) in [5.74, 6) is -0.0888. The highest BCUT2D eigenvalue weighted by Crippen LogP contribution is 2.32. The number of fused-ring (bicyclic) bond motifs is 1. The second kappa shape index (κ2) is 7.40. The molecule has 0 aliphatic carbocycles. The SMILES string of the molecule is CC(=O)N1CCc2ccccc2C1CC(=O)Nc1ccc(C)c(Br)c1. The number of hydrogen-bond acceptors (Lipinski definition) is 2. The van der Waals surface area contributed by atoms with Crippen molar-refractivity contribution in [1.29, 1.82) is 0 Å². The maximum absolute atomic E-state index is 12.6. The number of amides is 2. The summed E-state index contributed by atoms with van der Waals surface area (Å²) in [7, 11) is 0. The molecule has 1 aliphatic rings. The third-order valence-electron chi connectivity index (χ3n) is 4.65. The zero-order valence-corrected chi connectivity index (χ0v) is 16.0. The zero-order valence-electron chi connectivity index (χ0n) is 14.4. The fraction of sp³-hybridized carbons (Fsp3) is 0.300. The van der Waals surface area contributed by atoms with Crippen molar-refractivity contribution < 1.29 is 9.59 Å². The van der Waals surface area contributed by atoms with Crippen molar-refractivity contribution in [3.05, 3.63) is 63.6 Å². The first-order chi connectivity index (χ1) is 12.0. The summed E-state index contributed by atoms with van der Waals surface area (Å²) in [4.78, 5) is 26.4. The highest BCUT2D eigenvalue weighted by atomic mass is 79.9. The molecule has 0 aromatic heterocycles. The third kappa shape index (κ3) is 3.93. The van der Waals surface area contributed by atoms with Crippen LogP contribution in [0.4, 0.5) is 5.69 Å². The van der Waals surface area contributed by atoms with Crippen LogP contribution in [-0.2, 0) is 16.0 Å². The molecule has 0 bridgehead atoms. The second-order valence-corrected chi connectivity index (χ2v) is 7.25. The molecular weight excluding hydrogens is 380 g/mol.